The standard InChI is InChI=1S/C22H23N5O4/c1-15-7-9-16(10-8-15)21-24-20(31-25-21)14-26-11-3-4-17(13-26)22(28)23-18-5-2-6-19(12-18)27(29)30/h2,5-10,12,17H,3-4,11,13-14H2,1H3,(H,23,28). The molecule has 1 aliphatic heterocycles. The molecule has 1 fully saturated rings. The predicted molar refractivity (Wildman–Crippen MR) is 114 cm³/mol. The van der Waals surface area contributed by atoms with Crippen LogP contribution in [0.3, 0.4) is 0 Å². The van der Waals surface area contributed by atoms with Crippen LogP contribution in [0.4, 0.5) is 11.4 Å². The highest BCUT2D eigenvalue weighted by Gasteiger charge is 2.27. The van der Waals surface area contributed by atoms with Gasteiger partial charge in [0, 0.05) is 29.9 Å². The zero-order valence-electron chi connectivity index (χ0n) is 17.2. The molecule has 2 aromatic carbocycles. The van der Waals surface area contributed by atoms with Gasteiger partial charge in [0.15, 0.2) is 0 Å². The van der Waals surface area contributed by atoms with Gasteiger partial charge in [-0.25, -0.2) is 0 Å². The number of non-ortho nitro benzene ring substituents is 1. The summed E-state index contributed by atoms with van der Waals surface area (Å²) < 4.78 is 5.41. The minimum absolute atomic E-state index is 0.0520. The van der Waals surface area contributed by atoms with Crippen LogP contribution in [0.15, 0.2) is 53.1 Å². The molecule has 1 aliphatic rings. The number of benzene rings is 2. The number of aromatic nitrogens is 2. The third kappa shape index (κ3) is 5.13. The lowest BCUT2D eigenvalue weighted by Gasteiger charge is -2.30. The molecule has 9 heteroatoms. The topological polar surface area (TPSA) is 114 Å². The van der Waals surface area contributed by atoms with Gasteiger partial charge in [0.1, 0.15) is 0 Å². The summed E-state index contributed by atoms with van der Waals surface area (Å²) in [7, 11) is 0. The Morgan fingerprint density at radius 3 is 2.87 bits per heavy atom. The van der Waals surface area contributed by atoms with Crippen LogP contribution in [-0.4, -0.2) is 39.0 Å². The SMILES string of the molecule is Cc1ccc(-c2noc(CN3CCCC(C(=O)Nc4cccc([N+](=O)[O-])c4)C3)n2)cc1. The van der Waals surface area contributed by atoms with Gasteiger partial charge in [0.05, 0.1) is 17.4 Å². The number of hydrogen-bond donors (Lipinski definition) is 1. The second-order valence-corrected chi connectivity index (χ2v) is 7.75. The summed E-state index contributed by atoms with van der Waals surface area (Å²) in [6.45, 7) is 3.89. The summed E-state index contributed by atoms with van der Waals surface area (Å²) in [6.07, 6.45) is 1.63. The van der Waals surface area contributed by atoms with E-state index in [9.17, 15) is 14.9 Å². The van der Waals surface area contributed by atoms with Gasteiger partial charge in [-0.15, -0.1) is 0 Å². The van der Waals surface area contributed by atoms with E-state index in [1.54, 1.807) is 12.1 Å². The first-order valence-electron chi connectivity index (χ1n) is 10.2. The molecule has 160 valence electrons. The maximum Gasteiger partial charge on any atom is 0.271 e. The van der Waals surface area contributed by atoms with Crippen LogP contribution >= 0.6 is 0 Å². The van der Waals surface area contributed by atoms with Crippen molar-refractivity contribution >= 4 is 17.3 Å². The molecule has 1 N–H and O–H groups in total. The van der Waals surface area contributed by atoms with Crippen molar-refractivity contribution in [1.82, 2.24) is 15.0 Å². The molecule has 4 rings (SSSR count). The number of nitrogens with one attached hydrogen (secondary N) is 1. The largest absolute Gasteiger partial charge is 0.338 e. The van der Waals surface area contributed by atoms with E-state index < -0.39 is 4.92 Å². The number of nitrogens with zero attached hydrogens (tertiary/aromatic N) is 4. The highest BCUT2D eigenvalue weighted by atomic mass is 16.6. The molecule has 0 saturated carbocycles. The number of rotatable bonds is 6. The lowest BCUT2D eigenvalue weighted by Crippen LogP contribution is -2.40. The van der Waals surface area contributed by atoms with Crippen LogP contribution in [0.1, 0.15) is 24.3 Å². The Morgan fingerprint density at radius 2 is 2.10 bits per heavy atom. The second-order valence-electron chi connectivity index (χ2n) is 7.75. The molecule has 1 amide bonds. The van der Waals surface area contributed by atoms with Crippen LogP contribution in [0.5, 0.6) is 0 Å². The van der Waals surface area contributed by atoms with Crippen molar-refractivity contribution in [1.29, 1.82) is 0 Å². The van der Waals surface area contributed by atoms with E-state index in [0.717, 1.165) is 30.5 Å². The van der Waals surface area contributed by atoms with E-state index in [0.29, 0.717) is 30.5 Å². The highest BCUT2D eigenvalue weighted by molar-refractivity contribution is 5.93. The van der Waals surface area contributed by atoms with Crippen LogP contribution in [-0.2, 0) is 11.3 Å². The average Bonchev–Trinajstić information content (AvgIpc) is 3.23. The molecule has 2 heterocycles. The van der Waals surface area contributed by atoms with Crippen LogP contribution in [0.25, 0.3) is 11.4 Å². The molecule has 31 heavy (non-hydrogen) atoms. The molecular weight excluding hydrogens is 398 g/mol. The van der Waals surface area contributed by atoms with Crippen LogP contribution in [0, 0.1) is 23.0 Å². The monoisotopic (exact) mass is 421 g/mol. The molecule has 0 spiro atoms. The number of piperidine rings is 1. The summed E-state index contributed by atoms with van der Waals surface area (Å²) in [5.41, 5.74) is 2.43. The Balaban J connectivity index is 1.36. The van der Waals surface area contributed by atoms with Gasteiger partial charge in [-0.3, -0.25) is 19.8 Å². The third-order valence-electron chi connectivity index (χ3n) is 5.34. The Kier molecular flexibility index (Phi) is 6.03. The fourth-order valence-electron chi connectivity index (χ4n) is 3.68. The van der Waals surface area contributed by atoms with Gasteiger partial charge in [-0.2, -0.15) is 4.98 Å². The number of aryl methyl sites for hydroxylation is 1. The minimum atomic E-state index is -0.479. The van der Waals surface area contributed by atoms with E-state index in [2.05, 4.69) is 20.4 Å². The van der Waals surface area contributed by atoms with Crippen molar-refractivity contribution in [2.45, 2.75) is 26.3 Å². The molecule has 1 unspecified atom stereocenters. The number of nitro groups is 1. The number of likely N-dealkylation sites (tertiary alicyclic amines) is 1. The molecule has 0 aliphatic carbocycles. The molecule has 1 atom stereocenters. The van der Waals surface area contributed by atoms with Crippen molar-refractivity contribution in [3.63, 3.8) is 0 Å². The Bertz CT molecular complexity index is 1080. The van der Waals surface area contributed by atoms with Gasteiger partial charge >= 0.3 is 0 Å². The molecular formula is C22H23N5O4. The second kappa shape index (κ2) is 9.05. The van der Waals surface area contributed by atoms with Crippen molar-refractivity contribution in [3.05, 3.63) is 70.1 Å². The molecule has 0 bridgehead atoms. The maximum absolute atomic E-state index is 12.7. The van der Waals surface area contributed by atoms with Gasteiger partial charge in [0.2, 0.25) is 17.6 Å². The number of hydrogen-bond acceptors (Lipinski definition) is 7. The van der Waals surface area contributed by atoms with Gasteiger partial charge in [0.25, 0.3) is 5.69 Å². The Labute approximate surface area is 179 Å². The summed E-state index contributed by atoms with van der Waals surface area (Å²) >= 11 is 0. The molecule has 0 radical (unpaired) electrons. The number of carbonyl (C=O) groups is 1. The van der Waals surface area contributed by atoms with Gasteiger partial charge in [-0.1, -0.05) is 41.1 Å². The summed E-state index contributed by atoms with van der Waals surface area (Å²) in [5, 5.41) is 17.8. The van der Waals surface area contributed by atoms with E-state index in [1.165, 1.54) is 12.1 Å². The highest BCUT2D eigenvalue weighted by Crippen LogP contribution is 2.23. The van der Waals surface area contributed by atoms with Crippen molar-refractivity contribution in [2.24, 2.45) is 5.92 Å². The zero-order chi connectivity index (χ0) is 21.8. The van der Waals surface area contributed by atoms with Gasteiger partial charge in [-0.05, 0) is 32.4 Å². The number of nitro benzene ring substituents is 1. The number of amides is 1. The van der Waals surface area contributed by atoms with Crippen molar-refractivity contribution in [3.8, 4) is 11.4 Å². The molecule has 1 saturated heterocycles. The maximum atomic E-state index is 12.7. The van der Waals surface area contributed by atoms with Gasteiger partial charge < -0.3 is 9.84 Å². The molecule has 1 aromatic heterocycles. The van der Waals surface area contributed by atoms with E-state index in [4.69, 9.17) is 4.52 Å². The van der Waals surface area contributed by atoms with E-state index >= 15 is 0 Å². The number of carbonyl (C=O) groups excluding carboxylic acids is 1. The van der Waals surface area contributed by atoms with Crippen molar-refractivity contribution in [2.75, 3.05) is 18.4 Å². The Hall–Kier alpha value is -3.59. The lowest BCUT2D eigenvalue weighted by atomic mass is 9.97. The fraction of sp³-hybridized carbons (Fsp3) is 0.318. The third-order valence-corrected chi connectivity index (χ3v) is 5.34. The van der Waals surface area contributed by atoms with Crippen LogP contribution in [0.2, 0.25) is 0 Å². The quantitative estimate of drug-likeness (QED) is 0.475. The normalized spacial score (nSPS) is 16.7. The summed E-state index contributed by atoms with van der Waals surface area (Å²) in [4.78, 5) is 29.8. The smallest absolute Gasteiger partial charge is 0.271 e. The Morgan fingerprint density at radius 1 is 1.29 bits per heavy atom. The minimum Gasteiger partial charge on any atom is -0.338 e. The summed E-state index contributed by atoms with van der Waals surface area (Å²) in [6, 6.07) is 13.9. The lowest BCUT2D eigenvalue weighted by molar-refractivity contribution is -0.384. The fourth-order valence-corrected chi connectivity index (χ4v) is 3.68. The summed E-state index contributed by atoms with van der Waals surface area (Å²) in [5.74, 6) is 0.700. The number of anilines is 1. The first-order chi connectivity index (χ1) is 15.0. The predicted octanol–water partition coefficient (Wildman–Crippen LogP) is 3.80. The first-order valence-corrected chi connectivity index (χ1v) is 10.2. The first kappa shape index (κ1) is 20.7. The zero-order valence-corrected chi connectivity index (χ0v) is 17.2. The average molecular weight is 421 g/mol. The van der Waals surface area contributed by atoms with Crippen molar-refractivity contribution < 1.29 is 14.2 Å². The van der Waals surface area contributed by atoms with Crippen LogP contribution < -0.4 is 5.32 Å². The molecule has 3 aromatic rings. The molecule has 9 nitrogen and oxygen atoms in total. The van der Waals surface area contributed by atoms with E-state index in [-0.39, 0.29) is 17.5 Å². The van der Waals surface area contributed by atoms with E-state index in [1.807, 2.05) is 31.2 Å².